The summed E-state index contributed by atoms with van der Waals surface area (Å²) in [4.78, 5) is 11.4. The van der Waals surface area contributed by atoms with Gasteiger partial charge in [0.05, 0.1) is 6.42 Å². The van der Waals surface area contributed by atoms with Crippen LogP contribution in [0.1, 0.15) is 80.7 Å². The van der Waals surface area contributed by atoms with Gasteiger partial charge >= 0.3 is 5.97 Å². The molecule has 0 fully saturated rings. The zero-order valence-electron chi connectivity index (χ0n) is 16.8. The van der Waals surface area contributed by atoms with E-state index in [0.717, 1.165) is 33.4 Å². The lowest BCUT2D eigenvalue weighted by molar-refractivity contribution is -0.135. The number of rotatable bonds is 5. The van der Waals surface area contributed by atoms with E-state index in [9.17, 15) is 9.90 Å². The Morgan fingerprint density at radius 1 is 0.926 bits per heavy atom. The first-order chi connectivity index (χ1) is 12.8. The summed E-state index contributed by atoms with van der Waals surface area (Å²) in [7, 11) is 0. The second kappa shape index (κ2) is 7.56. The molecule has 0 atom stereocenters. The first-order valence-corrected chi connectivity index (χ1v) is 9.66. The molecule has 0 aromatic heterocycles. The molecule has 0 aliphatic heterocycles. The van der Waals surface area contributed by atoms with Crippen LogP contribution in [0.3, 0.4) is 0 Å². The molecule has 0 unspecified atom stereocenters. The van der Waals surface area contributed by atoms with Crippen LogP contribution in [0.5, 0.6) is 0 Å². The molecule has 1 aliphatic rings. The van der Waals surface area contributed by atoms with Crippen molar-refractivity contribution in [2.75, 3.05) is 0 Å². The fourth-order valence-electron chi connectivity index (χ4n) is 3.68. The molecule has 0 saturated carbocycles. The normalized spacial score (nSPS) is 15.1. The summed E-state index contributed by atoms with van der Waals surface area (Å²) in [5.41, 5.74) is 9.06. The Morgan fingerprint density at radius 3 is 2.07 bits per heavy atom. The summed E-state index contributed by atoms with van der Waals surface area (Å²) < 4.78 is 0. The molecule has 0 heterocycles. The van der Waals surface area contributed by atoms with Crippen molar-refractivity contribution < 1.29 is 9.90 Å². The number of carboxylic acid groups (broad SMARTS) is 1. The molecule has 2 aromatic rings. The molecule has 2 heteroatoms. The van der Waals surface area contributed by atoms with E-state index in [4.69, 9.17) is 0 Å². The van der Waals surface area contributed by atoms with E-state index in [2.05, 4.69) is 76.2 Å². The van der Waals surface area contributed by atoms with Crippen molar-refractivity contribution in [2.45, 2.75) is 52.9 Å². The molecule has 0 amide bonds. The molecule has 27 heavy (non-hydrogen) atoms. The lowest BCUT2D eigenvalue weighted by Gasteiger charge is -2.10. The SMILES string of the molecule is CC1=C(CC(=O)O)c2cc(C(C)C)ccc2/C1=C\c1ccc(C(C)C)cc1. The molecule has 1 aliphatic carbocycles. The summed E-state index contributed by atoms with van der Waals surface area (Å²) in [6, 6.07) is 15.1. The number of allylic oxidation sites excluding steroid dienone is 2. The number of benzene rings is 2. The molecule has 140 valence electrons. The van der Waals surface area contributed by atoms with Crippen LogP contribution >= 0.6 is 0 Å². The van der Waals surface area contributed by atoms with Crippen LogP contribution in [0.2, 0.25) is 0 Å². The maximum absolute atomic E-state index is 11.4. The molecule has 0 saturated heterocycles. The van der Waals surface area contributed by atoms with E-state index in [0.29, 0.717) is 11.8 Å². The standard InChI is InChI=1S/C25H28O2/c1-15(2)19-8-6-18(7-9-19)12-22-17(5)23(14-25(26)27)24-13-20(16(3)4)10-11-21(22)24/h6-13,15-16H,14H2,1-5H3,(H,26,27)/b22-12-. The summed E-state index contributed by atoms with van der Waals surface area (Å²) >= 11 is 0. The highest BCUT2D eigenvalue weighted by molar-refractivity contribution is 6.07. The van der Waals surface area contributed by atoms with Gasteiger partial charge in [-0.1, -0.05) is 70.2 Å². The second-order valence-electron chi connectivity index (χ2n) is 8.01. The van der Waals surface area contributed by atoms with Gasteiger partial charge in [-0.3, -0.25) is 4.79 Å². The van der Waals surface area contributed by atoms with Gasteiger partial charge in [-0.05, 0) is 69.4 Å². The first-order valence-electron chi connectivity index (χ1n) is 9.66. The lowest BCUT2D eigenvalue weighted by atomic mass is 9.94. The Morgan fingerprint density at radius 2 is 1.52 bits per heavy atom. The minimum absolute atomic E-state index is 0.0595. The van der Waals surface area contributed by atoms with E-state index in [-0.39, 0.29) is 6.42 Å². The number of carbonyl (C=O) groups is 1. The van der Waals surface area contributed by atoms with Crippen LogP contribution in [-0.4, -0.2) is 11.1 Å². The monoisotopic (exact) mass is 360 g/mol. The average molecular weight is 360 g/mol. The molecular formula is C25H28O2. The molecular weight excluding hydrogens is 332 g/mol. The third-order valence-corrected chi connectivity index (χ3v) is 5.42. The predicted molar refractivity (Wildman–Crippen MR) is 114 cm³/mol. The molecule has 0 radical (unpaired) electrons. The van der Waals surface area contributed by atoms with Crippen LogP contribution in [-0.2, 0) is 4.79 Å². The van der Waals surface area contributed by atoms with Crippen LogP contribution in [0, 0.1) is 0 Å². The van der Waals surface area contributed by atoms with E-state index in [1.807, 2.05) is 6.92 Å². The summed E-state index contributed by atoms with van der Waals surface area (Å²) in [6.07, 6.45) is 2.24. The van der Waals surface area contributed by atoms with Gasteiger partial charge in [-0.25, -0.2) is 0 Å². The third-order valence-electron chi connectivity index (χ3n) is 5.42. The molecule has 0 spiro atoms. The van der Waals surface area contributed by atoms with Crippen molar-refractivity contribution in [3.05, 3.63) is 75.9 Å². The zero-order chi connectivity index (χ0) is 19.7. The number of hydrogen-bond acceptors (Lipinski definition) is 1. The van der Waals surface area contributed by atoms with E-state index >= 15 is 0 Å². The molecule has 2 aromatic carbocycles. The highest BCUT2D eigenvalue weighted by Crippen LogP contribution is 2.44. The quantitative estimate of drug-likeness (QED) is 0.641. The Labute approximate surface area is 162 Å². The minimum atomic E-state index is -0.784. The van der Waals surface area contributed by atoms with Gasteiger partial charge in [-0.2, -0.15) is 0 Å². The maximum Gasteiger partial charge on any atom is 0.307 e. The summed E-state index contributed by atoms with van der Waals surface area (Å²) in [5, 5.41) is 9.40. The van der Waals surface area contributed by atoms with E-state index < -0.39 is 5.97 Å². The molecule has 1 N–H and O–H groups in total. The molecule has 2 nitrogen and oxygen atoms in total. The largest absolute Gasteiger partial charge is 0.481 e. The number of aliphatic carboxylic acids is 1. The summed E-state index contributed by atoms with van der Waals surface area (Å²) in [5.74, 6) is 0.142. The van der Waals surface area contributed by atoms with Crippen LogP contribution in [0.4, 0.5) is 0 Å². The Kier molecular flexibility index (Phi) is 5.36. The van der Waals surface area contributed by atoms with E-state index in [1.54, 1.807) is 0 Å². The zero-order valence-corrected chi connectivity index (χ0v) is 16.8. The molecule has 3 rings (SSSR count). The van der Waals surface area contributed by atoms with Gasteiger partial charge in [-0.15, -0.1) is 0 Å². The second-order valence-corrected chi connectivity index (χ2v) is 8.01. The van der Waals surface area contributed by atoms with E-state index in [1.165, 1.54) is 11.1 Å². The van der Waals surface area contributed by atoms with Gasteiger partial charge in [0, 0.05) is 0 Å². The Bertz CT molecular complexity index is 925. The van der Waals surface area contributed by atoms with Crippen molar-refractivity contribution in [1.29, 1.82) is 0 Å². The fourth-order valence-corrected chi connectivity index (χ4v) is 3.68. The number of carboxylic acids is 1. The highest BCUT2D eigenvalue weighted by Gasteiger charge is 2.25. The minimum Gasteiger partial charge on any atom is -0.481 e. The average Bonchev–Trinajstić information content (AvgIpc) is 2.87. The Hall–Kier alpha value is -2.61. The van der Waals surface area contributed by atoms with Crippen molar-refractivity contribution in [2.24, 2.45) is 0 Å². The fraction of sp³-hybridized carbons (Fsp3) is 0.320. The van der Waals surface area contributed by atoms with Gasteiger partial charge in [0.15, 0.2) is 0 Å². The number of fused-ring (bicyclic) bond motifs is 1. The van der Waals surface area contributed by atoms with Gasteiger partial charge in [0.1, 0.15) is 0 Å². The Balaban J connectivity index is 2.10. The van der Waals surface area contributed by atoms with Crippen LogP contribution in [0.25, 0.3) is 17.2 Å². The topological polar surface area (TPSA) is 37.3 Å². The van der Waals surface area contributed by atoms with Crippen molar-refractivity contribution >= 4 is 23.2 Å². The lowest BCUT2D eigenvalue weighted by Crippen LogP contribution is -1.98. The maximum atomic E-state index is 11.4. The van der Waals surface area contributed by atoms with Crippen LogP contribution in [0.15, 0.2) is 48.0 Å². The first kappa shape index (κ1) is 19.2. The van der Waals surface area contributed by atoms with Gasteiger partial charge < -0.3 is 5.11 Å². The highest BCUT2D eigenvalue weighted by atomic mass is 16.4. The van der Waals surface area contributed by atoms with Gasteiger partial charge in [0.25, 0.3) is 0 Å². The smallest absolute Gasteiger partial charge is 0.307 e. The number of hydrogen-bond donors (Lipinski definition) is 1. The predicted octanol–water partition coefficient (Wildman–Crippen LogP) is 6.74. The van der Waals surface area contributed by atoms with Crippen molar-refractivity contribution in [3.8, 4) is 0 Å². The van der Waals surface area contributed by atoms with Crippen molar-refractivity contribution in [1.82, 2.24) is 0 Å². The van der Waals surface area contributed by atoms with Crippen molar-refractivity contribution in [3.63, 3.8) is 0 Å². The van der Waals surface area contributed by atoms with Gasteiger partial charge in [0.2, 0.25) is 0 Å². The molecule has 0 bridgehead atoms. The summed E-state index contributed by atoms with van der Waals surface area (Å²) in [6.45, 7) is 10.8. The third kappa shape index (κ3) is 3.90. The van der Waals surface area contributed by atoms with Crippen LogP contribution < -0.4 is 0 Å².